The summed E-state index contributed by atoms with van der Waals surface area (Å²) in [6, 6.07) is 12.4. The molecule has 1 aliphatic rings. The summed E-state index contributed by atoms with van der Waals surface area (Å²) in [6.45, 7) is 4.32. The van der Waals surface area contributed by atoms with Crippen LogP contribution in [0.3, 0.4) is 0 Å². The number of benzene rings is 2. The molecule has 0 saturated heterocycles. The number of alkyl halides is 3. The molecule has 2 aromatic rings. The van der Waals surface area contributed by atoms with E-state index in [-0.39, 0.29) is 29.6 Å². The van der Waals surface area contributed by atoms with Crippen LogP contribution in [0.5, 0.6) is 5.75 Å². The average Bonchev–Trinajstić information content (AvgIpc) is 3.07. The first-order chi connectivity index (χ1) is 11.2. The van der Waals surface area contributed by atoms with Crippen LogP contribution in [-0.4, -0.2) is 6.61 Å². The van der Waals surface area contributed by atoms with Crippen LogP contribution in [0.15, 0.2) is 48.5 Å². The molecule has 2 aromatic carbocycles. The zero-order valence-electron chi connectivity index (χ0n) is 13.4. The van der Waals surface area contributed by atoms with E-state index in [4.69, 9.17) is 4.74 Å². The van der Waals surface area contributed by atoms with E-state index >= 15 is 0 Å². The first kappa shape index (κ1) is 16.8. The Balaban J connectivity index is 1.76. The van der Waals surface area contributed by atoms with Gasteiger partial charge in [-0.2, -0.15) is 13.2 Å². The van der Waals surface area contributed by atoms with Gasteiger partial charge in [0.25, 0.3) is 0 Å². The maximum atomic E-state index is 13.1. The van der Waals surface area contributed by atoms with E-state index in [1.165, 1.54) is 0 Å². The highest BCUT2D eigenvalue weighted by atomic mass is 19.4. The van der Waals surface area contributed by atoms with Crippen molar-refractivity contribution in [1.82, 2.24) is 0 Å². The first-order valence-corrected chi connectivity index (χ1v) is 7.76. The van der Waals surface area contributed by atoms with Crippen LogP contribution in [0.2, 0.25) is 0 Å². The van der Waals surface area contributed by atoms with E-state index in [9.17, 15) is 17.6 Å². The van der Waals surface area contributed by atoms with Crippen LogP contribution in [-0.2, 0) is 6.18 Å². The Morgan fingerprint density at radius 2 is 1.71 bits per heavy atom. The number of hydrogen-bond acceptors (Lipinski definition) is 1. The van der Waals surface area contributed by atoms with Gasteiger partial charge in [0.05, 0.1) is 6.61 Å². The van der Waals surface area contributed by atoms with Gasteiger partial charge in [-0.3, -0.25) is 0 Å². The van der Waals surface area contributed by atoms with Gasteiger partial charge >= 0.3 is 6.18 Å². The molecule has 0 unspecified atom stereocenters. The van der Waals surface area contributed by atoms with Crippen molar-refractivity contribution >= 4 is 0 Å². The lowest BCUT2D eigenvalue weighted by atomic mass is 10.0. The van der Waals surface area contributed by atoms with Gasteiger partial charge in [-0.25, -0.2) is 4.39 Å². The van der Waals surface area contributed by atoms with Gasteiger partial charge in [0, 0.05) is 5.92 Å². The van der Waals surface area contributed by atoms with E-state index in [2.05, 4.69) is 13.8 Å². The fourth-order valence-electron chi connectivity index (χ4n) is 3.41. The molecule has 1 aliphatic carbocycles. The molecule has 0 bridgehead atoms. The summed E-state index contributed by atoms with van der Waals surface area (Å²) >= 11 is 0. The fraction of sp³-hybridized carbons (Fsp3) is 0.368. The standard InChI is InChI=1S/C19H18F4O/c1-18(2)15(17(18)12-6-4-3-5-7-12)11-24-16-9-8-13(20)10-14(16)19(21,22)23/h3-10,15,17H,11H2,1-2H3/t15-,17-/m1/s1. The predicted octanol–water partition coefficient (Wildman–Crippen LogP) is 5.66. The molecule has 0 amide bonds. The van der Waals surface area contributed by atoms with Crippen molar-refractivity contribution < 1.29 is 22.3 Å². The average molecular weight is 338 g/mol. The van der Waals surface area contributed by atoms with E-state index in [0.717, 1.165) is 17.7 Å². The predicted molar refractivity (Wildman–Crippen MR) is 83.4 cm³/mol. The molecule has 2 atom stereocenters. The number of rotatable bonds is 4. The summed E-state index contributed by atoms with van der Waals surface area (Å²) in [5.41, 5.74) is 0.0447. The minimum absolute atomic E-state index is 0.0419. The maximum Gasteiger partial charge on any atom is 0.420 e. The van der Waals surface area contributed by atoms with Crippen molar-refractivity contribution in [3.05, 3.63) is 65.5 Å². The number of halogens is 4. The second-order valence-electron chi connectivity index (χ2n) is 6.77. The Labute approximate surface area is 138 Å². The molecule has 24 heavy (non-hydrogen) atoms. The van der Waals surface area contributed by atoms with Crippen LogP contribution in [0.1, 0.15) is 30.9 Å². The zero-order chi connectivity index (χ0) is 17.5. The highest BCUT2D eigenvalue weighted by Gasteiger charge is 2.58. The first-order valence-electron chi connectivity index (χ1n) is 7.76. The van der Waals surface area contributed by atoms with Crippen LogP contribution in [0.25, 0.3) is 0 Å². The monoisotopic (exact) mass is 338 g/mol. The molecule has 1 fully saturated rings. The molecule has 0 N–H and O–H groups in total. The van der Waals surface area contributed by atoms with Crippen molar-refractivity contribution in [3.63, 3.8) is 0 Å². The topological polar surface area (TPSA) is 9.23 Å². The number of hydrogen-bond donors (Lipinski definition) is 0. The highest BCUT2D eigenvalue weighted by Crippen LogP contribution is 2.64. The van der Waals surface area contributed by atoms with Crippen LogP contribution >= 0.6 is 0 Å². The molecule has 5 heteroatoms. The molecule has 0 aromatic heterocycles. The van der Waals surface area contributed by atoms with E-state index in [0.29, 0.717) is 6.07 Å². The summed E-state index contributed by atoms with van der Waals surface area (Å²) in [5.74, 6) is -0.887. The lowest BCUT2D eigenvalue weighted by molar-refractivity contribution is -0.139. The van der Waals surface area contributed by atoms with Gasteiger partial charge in [0.1, 0.15) is 17.1 Å². The van der Waals surface area contributed by atoms with Crippen molar-refractivity contribution in [2.45, 2.75) is 25.9 Å². The summed E-state index contributed by atoms with van der Waals surface area (Å²) in [5, 5.41) is 0. The smallest absolute Gasteiger partial charge is 0.420 e. The van der Waals surface area contributed by atoms with Crippen molar-refractivity contribution in [2.24, 2.45) is 11.3 Å². The van der Waals surface area contributed by atoms with Crippen molar-refractivity contribution in [1.29, 1.82) is 0 Å². The second kappa shape index (κ2) is 5.80. The largest absolute Gasteiger partial charge is 0.493 e. The van der Waals surface area contributed by atoms with Crippen LogP contribution < -0.4 is 4.74 Å². The third kappa shape index (κ3) is 3.12. The Morgan fingerprint density at radius 3 is 2.33 bits per heavy atom. The van der Waals surface area contributed by atoms with Gasteiger partial charge < -0.3 is 4.74 Å². The highest BCUT2D eigenvalue weighted by molar-refractivity contribution is 5.37. The van der Waals surface area contributed by atoms with Gasteiger partial charge in [0.15, 0.2) is 0 Å². The normalized spacial score (nSPS) is 22.2. The Kier molecular flexibility index (Phi) is 4.06. The molecule has 128 valence electrons. The summed E-state index contributed by atoms with van der Waals surface area (Å²) in [4.78, 5) is 0. The maximum absolute atomic E-state index is 13.1. The molecule has 0 aliphatic heterocycles. The molecule has 0 heterocycles. The van der Waals surface area contributed by atoms with Crippen LogP contribution in [0.4, 0.5) is 17.6 Å². The summed E-state index contributed by atoms with van der Waals surface area (Å²) < 4.78 is 57.6. The van der Waals surface area contributed by atoms with Gasteiger partial charge in [-0.05, 0) is 35.1 Å². The van der Waals surface area contributed by atoms with Crippen molar-refractivity contribution in [2.75, 3.05) is 6.61 Å². The molecular weight excluding hydrogens is 320 g/mol. The van der Waals surface area contributed by atoms with E-state index < -0.39 is 17.6 Å². The van der Waals surface area contributed by atoms with Gasteiger partial charge in [-0.15, -0.1) is 0 Å². The Hall–Kier alpha value is -2.04. The summed E-state index contributed by atoms with van der Waals surface area (Å²) in [7, 11) is 0. The van der Waals surface area contributed by atoms with Gasteiger partial charge in [-0.1, -0.05) is 44.2 Å². The van der Waals surface area contributed by atoms with Crippen LogP contribution in [0, 0.1) is 17.2 Å². The van der Waals surface area contributed by atoms with E-state index in [1.54, 1.807) is 0 Å². The molecule has 0 radical (unpaired) electrons. The Morgan fingerprint density at radius 1 is 1.04 bits per heavy atom. The zero-order valence-corrected chi connectivity index (χ0v) is 13.4. The van der Waals surface area contributed by atoms with E-state index in [1.807, 2.05) is 30.3 Å². The quantitative estimate of drug-likeness (QED) is 0.653. The molecule has 1 nitrogen and oxygen atoms in total. The molecule has 0 spiro atoms. The minimum atomic E-state index is -4.64. The SMILES string of the molecule is CC1(C)[C@H](COc2ccc(F)cc2C(F)(F)F)[C@H]1c1ccccc1. The minimum Gasteiger partial charge on any atom is -0.493 e. The Bertz CT molecular complexity index is 722. The lowest BCUT2D eigenvalue weighted by Crippen LogP contribution is -2.11. The summed E-state index contributed by atoms with van der Waals surface area (Å²) in [6.07, 6.45) is -4.64. The third-order valence-electron chi connectivity index (χ3n) is 4.87. The molecule has 1 saturated carbocycles. The number of ether oxygens (including phenoxy) is 1. The second-order valence-corrected chi connectivity index (χ2v) is 6.77. The van der Waals surface area contributed by atoms with Gasteiger partial charge in [0.2, 0.25) is 0 Å². The molecular formula is C19H18F4O. The third-order valence-corrected chi connectivity index (χ3v) is 4.87. The lowest BCUT2D eigenvalue weighted by Gasteiger charge is -2.14. The van der Waals surface area contributed by atoms with Crippen molar-refractivity contribution in [3.8, 4) is 5.75 Å². The fourth-order valence-corrected chi connectivity index (χ4v) is 3.41. The molecule has 3 rings (SSSR count).